The number of hydrogen-bond acceptors (Lipinski definition) is 5. The van der Waals surface area contributed by atoms with Crippen LogP contribution in [0, 0.1) is 5.82 Å². The van der Waals surface area contributed by atoms with Crippen LogP contribution in [0.1, 0.15) is 34.3 Å². The highest BCUT2D eigenvalue weighted by Crippen LogP contribution is 2.34. The number of piperazine rings is 1. The Morgan fingerprint density at radius 1 is 1.03 bits per heavy atom. The van der Waals surface area contributed by atoms with E-state index in [4.69, 9.17) is 0 Å². The molecule has 1 saturated carbocycles. The van der Waals surface area contributed by atoms with Gasteiger partial charge in [0.15, 0.2) is 0 Å². The van der Waals surface area contributed by atoms with E-state index >= 15 is 0 Å². The Kier molecular flexibility index (Phi) is 6.85. The first-order valence-corrected chi connectivity index (χ1v) is 12.2. The second-order valence-corrected chi connectivity index (χ2v) is 9.56. The minimum absolute atomic E-state index is 0.0411. The highest BCUT2D eigenvalue weighted by Gasteiger charge is 2.36. The molecule has 0 N–H and O–H groups in total. The van der Waals surface area contributed by atoms with E-state index in [1.165, 1.54) is 24.4 Å². The third-order valence-electron chi connectivity index (χ3n) is 6.80. The molecular formula is C27H27F4N5O. The van der Waals surface area contributed by atoms with E-state index in [1.54, 1.807) is 23.1 Å². The van der Waals surface area contributed by atoms with Gasteiger partial charge in [-0.1, -0.05) is 24.3 Å². The van der Waals surface area contributed by atoms with Gasteiger partial charge >= 0.3 is 6.18 Å². The molecule has 0 bridgehead atoms. The molecule has 0 unspecified atom stereocenters. The number of hydrogen-bond donors (Lipinski definition) is 0. The molecule has 1 amide bonds. The van der Waals surface area contributed by atoms with Crippen LogP contribution in [-0.2, 0) is 12.7 Å². The van der Waals surface area contributed by atoms with E-state index in [9.17, 15) is 22.4 Å². The van der Waals surface area contributed by atoms with Crippen molar-refractivity contribution >= 4 is 11.9 Å². The Bertz CT molecular complexity index is 1270. The number of halogens is 4. The van der Waals surface area contributed by atoms with Crippen molar-refractivity contribution in [1.29, 1.82) is 0 Å². The summed E-state index contributed by atoms with van der Waals surface area (Å²) in [5, 5.41) is 0. The zero-order chi connectivity index (χ0) is 26.2. The molecule has 37 heavy (non-hydrogen) atoms. The van der Waals surface area contributed by atoms with E-state index in [0.29, 0.717) is 24.6 Å². The highest BCUT2D eigenvalue weighted by molar-refractivity contribution is 6.00. The first-order valence-electron chi connectivity index (χ1n) is 12.2. The van der Waals surface area contributed by atoms with Crippen LogP contribution in [0.3, 0.4) is 0 Å². The molecular weight excluding hydrogens is 486 g/mol. The van der Waals surface area contributed by atoms with Crippen molar-refractivity contribution in [3.63, 3.8) is 0 Å². The molecule has 1 aliphatic carbocycles. The predicted octanol–water partition coefficient (Wildman–Crippen LogP) is 4.86. The Morgan fingerprint density at radius 2 is 1.70 bits per heavy atom. The lowest BCUT2D eigenvalue weighted by Crippen LogP contribution is -2.45. The molecule has 3 aromatic rings. The summed E-state index contributed by atoms with van der Waals surface area (Å²) in [5.41, 5.74) is 0.423. The van der Waals surface area contributed by atoms with Crippen molar-refractivity contribution in [2.24, 2.45) is 0 Å². The van der Waals surface area contributed by atoms with Crippen molar-refractivity contribution in [2.75, 3.05) is 38.1 Å². The number of carbonyl (C=O) groups excluding carboxylic acids is 1. The molecule has 2 aliphatic rings. The predicted molar refractivity (Wildman–Crippen MR) is 131 cm³/mol. The van der Waals surface area contributed by atoms with E-state index in [1.807, 2.05) is 11.9 Å². The van der Waals surface area contributed by atoms with Crippen LogP contribution in [0.15, 0.2) is 54.7 Å². The topological polar surface area (TPSA) is 52.6 Å². The number of benzene rings is 2. The van der Waals surface area contributed by atoms with Crippen molar-refractivity contribution in [3.8, 4) is 11.3 Å². The third-order valence-corrected chi connectivity index (χ3v) is 6.80. The van der Waals surface area contributed by atoms with Crippen molar-refractivity contribution in [3.05, 3.63) is 77.2 Å². The fraction of sp³-hybridized carbons (Fsp3) is 0.370. The normalized spacial score (nSPS) is 16.6. The molecule has 1 saturated heterocycles. The Hall–Kier alpha value is -3.53. The lowest BCUT2D eigenvalue weighted by atomic mass is 10.0. The first-order chi connectivity index (χ1) is 17.7. The molecule has 194 valence electrons. The van der Waals surface area contributed by atoms with Gasteiger partial charge in [-0.15, -0.1) is 0 Å². The summed E-state index contributed by atoms with van der Waals surface area (Å²) in [6.07, 6.45) is -1.39. The Morgan fingerprint density at radius 3 is 2.32 bits per heavy atom. The number of likely N-dealkylation sites (N-methyl/N-ethyl adjacent to an activating group) is 1. The lowest BCUT2D eigenvalue weighted by Gasteiger charge is -2.32. The maximum absolute atomic E-state index is 14.9. The number of rotatable bonds is 6. The highest BCUT2D eigenvalue weighted by atomic mass is 19.4. The third kappa shape index (κ3) is 5.58. The molecule has 0 atom stereocenters. The summed E-state index contributed by atoms with van der Waals surface area (Å²) in [7, 11) is 2.04. The molecule has 2 heterocycles. The molecule has 10 heteroatoms. The monoisotopic (exact) mass is 513 g/mol. The summed E-state index contributed by atoms with van der Waals surface area (Å²) in [5.74, 6) is -0.436. The van der Waals surface area contributed by atoms with Gasteiger partial charge in [0.1, 0.15) is 5.82 Å². The van der Waals surface area contributed by atoms with Crippen LogP contribution >= 0.6 is 0 Å². The van der Waals surface area contributed by atoms with Crippen molar-refractivity contribution < 1.29 is 22.4 Å². The van der Waals surface area contributed by atoms with E-state index in [0.717, 1.165) is 38.1 Å². The van der Waals surface area contributed by atoms with Gasteiger partial charge in [0.05, 0.1) is 16.8 Å². The smallest absolute Gasteiger partial charge is 0.338 e. The SMILES string of the molecule is CN1CCN(c2ncc(C(=O)N(Cc3ccc(C(F)(F)F)cc3)C3CC3)c(-c3ccccc3F)n2)CC1. The molecule has 6 nitrogen and oxygen atoms in total. The second-order valence-electron chi connectivity index (χ2n) is 9.56. The van der Waals surface area contributed by atoms with Crippen LogP contribution in [0.25, 0.3) is 11.3 Å². The van der Waals surface area contributed by atoms with E-state index in [2.05, 4.69) is 14.9 Å². The summed E-state index contributed by atoms with van der Waals surface area (Å²) < 4.78 is 53.8. The zero-order valence-corrected chi connectivity index (χ0v) is 20.4. The van der Waals surface area contributed by atoms with Crippen molar-refractivity contribution in [1.82, 2.24) is 19.8 Å². The number of anilines is 1. The fourth-order valence-corrected chi connectivity index (χ4v) is 4.45. The number of aromatic nitrogens is 2. The molecule has 1 aromatic heterocycles. The molecule has 0 spiro atoms. The van der Waals surface area contributed by atoms with Gasteiger partial charge in [0.2, 0.25) is 5.95 Å². The lowest BCUT2D eigenvalue weighted by molar-refractivity contribution is -0.137. The summed E-state index contributed by atoms with van der Waals surface area (Å²) in [6, 6.07) is 10.9. The quantitative estimate of drug-likeness (QED) is 0.441. The first kappa shape index (κ1) is 25.1. The zero-order valence-electron chi connectivity index (χ0n) is 20.4. The maximum atomic E-state index is 14.9. The van der Waals surface area contributed by atoms with Gasteiger partial charge in [-0.25, -0.2) is 14.4 Å². The van der Waals surface area contributed by atoms with Gasteiger partial charge in [0, 0.05) is 50.5 Å². The van der Waals surface area contributed by atoms with Crippen LogP contribution in [0.2, 0.25) is 0 Å². The second kappa shape index (κ2) is 10.1. The van der Waals surface area contributed by atoms with Crippen LogP contribution < -0.4 is 4.90 Å². The van der Waals surface area contributed by atoms with Crippen LogP contribution in [0.4, 0.5) is 23.5 Å². The summed E-state index contributed by atoms with van der Waals surface area (Å²) in [6.45, 7) is 3.23. The van der Waals surface area contributed by atoms with Crippen LogP contribution in [-0.4, -0.2) is 64.9 Å². The van der Waals surface area contributed by atoms with E-state index in [-0.39, 0.29) is 35.3 Å². The summed E-state index contributed by atoms with van der Waals surface area (Å²) in [4.78, 5) is 28.8. The summed E-state index contributed by atoms with van der Waals surface area (Å²) >= 11 is 0. The largest absolute Gasteiger partial charge is 0.416 e. The molecule has 0 radical (unpaired) electrons. The molecule has 2 fully saturated rings. The fourth-order valence-electron chi connectivity index (χ4n) is 4.45. The van der Waals surface area contributed by atoms with Gasteiger partial charge in [-0.05, 0) is 49.7 Å². The van der Waals surface area contributed by atoms with Gasteiger partial charge in [-0.2, -0.15) is 13.2 Å². The minimum atomic E-state index is -4.43. The van der Waals surface area contributed by atoms with Gasteiger partial charge < -0.3 is 14.7 Å². The molecule has 1 aliphatic heterocycles. The standard InChI is InChI=1S/C27H27F4N5O/c1-34-12-14-35(15-13-34)26-32-16-22(24(33-26)21-4-2-3-5-23(21)28)25(37)36(20-10-11-20)17-18-6-8-19(9-7-18)27(29,30)31/h2-9,16,20H,10-15,17H2,1H3. The van der Waals surface area contributed by atoms with Crippen LogP contribution in [0.5, 0.6) is 0 Å². The molecule has 2 aromatic carbocycles. The minimum Gasteiger partial charge on any atom is -0.338 e. The number of carbonyl (C=O) groups is 1. The number of nitrogens with zero attached hydrogens (tertiary/aromatic N) is 5. The number of amides is 1. The number of alkyl halides is 3. The van der Waals surface area contributed by atoms with Gasteiger partial charge in [0.25, 0.3) is 5.91 Å². The average molecular weight is 514 g/mol. The van der Waals surface area contributed by atoms with Gasteiger partial charge in [-0.3, -0.25) is 4.79 Å². The maximum Gasteiger partial charge on any atom is 0.416 e. The Balaban J connectivity index is 1.48. The molecule has 5 rings (SSSR count). The average Bonchev–Trinajstić information content (AvgIpc) is 3.73. The van der Waals surface area contributed by atoms with E-state index < -0.39 is 17.6 Å². The van der Waals surface area contributed by atoms with Crippen molar-refractivity contribution in [2.45, 2.75) is 31.6 Å². The Labute approximate surface area is 212 Å².